The van der Waals surface area contributed by atoms with E-state index in [1.165, 1.54) is 0 Å². The zero-order valence-corrected chi connectivity index (χ0v) is 18.2. The highest BCUT2D eigenvalue weighted by atomic mass is 16.6. The molecular weight excluding hydrogens is 440 g/mol. The molecule has 1 aliphatic rings. The Labute approximate surface area is 194 Å². The van der Waals surface area contributed by atoms with Crippen LogP contribution in [0.25, 0.3) is 0 Å². The summed E-state index contributed by atoms with van der Waals surface area (Å²) < 4.78 is 0. The summed E-state index contributed by atoms with van der Waals surface area (Å²) in [4.78, 5) is 41.9. The topological polar surface area (TPSA) is 135 Å². The Bertz CT molecular complexity index is 1160. The Morgan fingerprint density at radius 3 is 2.06 bits per heavy atom. The van der Waals surface area contributed by atoms with E-state index in [0.717, 1.165) is 61.4 Å². The van der Waals surface area contributed by atoms with E-state index in [1.807, 2.05) is 42.5 Å². The molecule has 3 aromatic rings. The van der Waals surface area contributed by atoms with Crippen LogP contribution in [-0.4, -0.2) is 46.9 Å². The number of carbonyl (C=O) groups is 1. The van der Waals surface area contributed by atoms with Crippen LogP contribution in [-0.2, 0) is 6.54 Å². The number of carbonyl (C=O) groups excluding carboxylic acids is 1. The number of nitrogens with zero attached hydrogens (tertiary/aromatic N) is 5. The van der Waals surface area contributed by atoms with Crippen LogP contribution >= 0.6 is 0 Å². The van der Waals surface area contributed by atoms with Crippen molar-refractivity contribution in [2.24, 2.45) is 0 Å². The summed E-state index contributed by atoms with van der Waals surface area (Å²) in [5, 5.41) is 24.7. The molecule has 2 heterocycles. The Balaban J connectivity index is 1.34. The van der Waals surface area contributed by atoms with E-state index in [0.29, 0.717) is 0 Å². The average molecular weight is 462 g/mol. The summed E-state index contributed by atoms with van der Waals surface area (Å²) in [6.45, 7) is 3.63. The van der Waals surface area contributed by atoms with Gasteiger partial charge in [0.25, 0.3) is 17.3 Å². The third kappa shape index (κ3) is 5.26. The maximum atomic E-state index is 12.5. The highest BCUT2D eigenvalue weighted by Gasteiger charge is 2.20. The highest BCUT2D eigenvalue weighted by molar-refractivity contribution is 5.95. The maximum Gasteiger partial charge on any atom is 0.277 e. The summed E-state index contributed by atoms with van der Waals surface area (Å²) in [6, 6.07) is 16.5. The largest absolute Gasteiger partial charge is 0.368 e. The predicted octanol–water partition coefficient (Wildman–Crippen LogP) is 3.15. The molecule has 2 aromatic carbocycles. The van der Waals surface area contributed by atoms with Gasteiger partial charge in [0.2, 0.25) is 0 Å². The van der Waals surface area contributed by atoms with Crippen LogP contribution in [0.4, 0.5) is 22.9 Å². The van der Waals surface area contributed by atoms with Crippen molar-refractivity contribution in [3.05, 3.63) is 98.2 Å². The molecule has 0 spiro atoms. The number of nitro groups is 2. The van der Waals surface area contributed by atoms with Gasteiger partial charge in [-0.3, -0.25) is 25.0 Å². The van der Waals surface area contributed by atoms with E-state index in [4.69, 9.17) is 0 Å². The molecule has 11 heteroatoms. The van der Waals surface area contributed by atoms with Crippen molar-refractivity contribution in [2.75, 3.05) is 36.0 Å². The van der Waals surface area contributed by atoms with Crippen LogP contribution < -0.4 is 15.1 Å². The number of rotatable bonds is 7. The Hall–Kier alpha value is -4.54. The number of anilines is 2. The SMILES string of the molecule is O=C(NCc1ccc(N2CCN(c3ccccn3)CC2)cc1)c1cc([N+](=O)[O-])cc([N+](=O)[O-])c1. The van der Waals surface area contributed by atoms with Crippen molar-refractivity contribution in [3.63, 3.8) is 0 Å². The van der Waals surface area contributed by atoms with Gasteiger partial charge in [0, 0.05) is 56.7 Å². The lowest BCUT2D eigenvalue weighted by Gasteiger charge is -2.36. The predicted molar refractivity (Wildman–Crippen MR) is 126 cm³/mol. The van der Waals surface area contributed by atoms with Gasteiger partial charge in [0.15, 0.2) is 0 Å². The van der Waals surface area contributed by atoms with Crippen LogP contribution in [0.15, 0.2) is 66.9 Å². The molecule has 0 radical (unpaired) electrons. The molecule has 1 aromatic heterocycles. The van der Waals surface area contributed by atoms with Crippen LogP contribution in [0, 0.1) is 20.2 Å². The molecule has 34 heavy (non-hydrogen) atoms. The number of pyridine rings is 1. The molecule has 0 atom stereocenters. The first kappa shape index (κ1) is 22.6. The van der Waals surface area contributed by atoms with Crippen molar-refractivity contribution in [1.29, 1.82) is 0 Å². The second-order valence-corrected chi connectivity index (χ2v) is 7.76. The number of hydrogen-bond donors (Lipinski definition) is 1. The number of nitro benzene ring substituents is 2. The van der Waals surface area contributed by atoms with E-state index in [9.17, 15) is 25.0 Å². The van der Waals surface area contributed by atoms with Crippen molar-refractivity contribution >= 4 is 28.8 Å². The number of piperazine rings is 1. The zero-order valence-electron chi connectivity index (χ0n) is 18.2. The number of non-ortho nitro benzene ring substituents is 2. The molecule has 4 rings (SSSR count). The van der Waals surface area contributed by atoms with Crippen molar-refractivity contribution in [1.82, 2.24) is 10.3 Å². The first-order valence-electron chi connectivity index (χ1n) is 10.6. The highest BCUT2D eigenvalue weighted by Crippen LogP contribution is 2.23. The van der Waals surface area contributed by atoms with Crippen molar-refractivity contribution in [2.45, 2.75) is 6.54 Å². The quantitative estimate of drug-likeness (QED) is 0.418. The number of hydrogen-bond acceptors (Lipinski definition) is 8. The van der Waals surface area contributed by atoms with Gasteiger partial charge in [-0.2, -0.15) is 0 Å². The monoisotopic (exact) mass is 462 g/mol. The second-order valence-electron chi connectivity index (χ2n) is 7.76. The lowest BCUT2D eigenvalue weighted by Crippen LogP contribution is -2.46. The molecule has 0 bridgehead atoms. The molecule has 11 nitrogen and oxygen atoms in total. The number of benzene rings is 2. The molecule has 1 amide bonds. The molecule has 1 saturated heterocycles. The molecule has 0 unspecified atom stereocenters. The Morgan fingerprint density at radius 2 is 1.50 bits per heavy atom. The molecule has 1 N–H and O–H groups in total. The number of amides is 1. The number of aromatic nitrogens is 1. The third-order valence-corrected chi connectivity index (χ3v) is 5.59. The Kier molecular flexibility index (Phi) is 6.62. The van der Waals surface area contributed by atoms with Gasteiger partial charge in [0.1, 0.15) is 5.82 Å². The van der Waals surface area contributed by atoms with Crippen molar-refractivity contribution < 1.29 is 14.6 Å². The standard InChI is InChI=1S/C23H22N6O5/c30-23(18-13-20(28(31)32)15-21(14-18)29(33)34)25-16-17-4-6-19(7-5-17)26-9-11-27(12-10-26)22-3-1-2-8-24-22/h1-8,13-15H,9-12,16H2,(H,25,30). The van der Waals surface area contributed by atoms with E-state index in [2.05, 4.69) is 20.1 Å². The number of nitrogens with one attached hydrogen (secondary N) is 1. The lowest BCUT2D eigenvalue weighted by molar-refractivity contribution is -0.394. The third-order valence-electron chi connectivity index (χ3n) is 5.59. The minimum atomic E-state index is -0.765. The van der Waals surface area contributed by atoms with Crippen LogP contribution in [0.2, 0.25) is 0 Å². The second kappa shape index (κ2) is 9.94. The van der Waals surface area contributed by atoms with E-state index in [-0.39, 0.29) is 12.1 Å². The first-order chi connectivity index (χ1) is 16.4. The van der Waals surface area contributed by atoms with Crippen LogP contribution in [0.3, 0.4) is 0 Å². The smallest absolute Gasteiger partial charge is 0.277 e. The van der Waals surface area contributed by atoms with E-state index in [1.54, 1.807) is 6.20 Å². The maximum absolute atomic E-state index is 12.5. The van der Waals surface area contributed by atoms with Gasteiger partial charge in [-0.1, -0.05) is 18.2 Å². The zero-order chi connectivity index (χ0) is 24.1. The van der Waals surface area contributed by atoms with Gasteiger partial charge in [-0.05, 0) is 29.8 Å². The summed E-state index contributed by atoms with van der Waals surface area (Å²) in [5.41, 5.74) is 0.760. The summed E-state index contributed by atoms with van der Waals surface area (Å²) in [7, 11) is 0. The molecule has 1 fully saturated rings. The summed E-state index contributed by atoms with van der Waals surface area (Å²) >= 11 is 0. The normalized spacial score (nSPS) is 13.4. The fourth-order valence-electron chi connectivity index (χ4n) is 3.78. The van der Waals surface area contributed by atoms with Crippen LogP contribution in [0.1, 0.15) is 15.9 Å². The fourth-order valence-corrected chi connectivity index (χ4v) is 3.78. The van der Waals surface area contributed by atoms with E-state index < -0.39 is 27.1 Å². The first-order valence-corrected chi connectivity index (χ1v) is 10.6. The summed E-state index contributed by atoms with van der Waals surface area (Å²) in [5.74, 6) is 0.351. The Morgan fingerprint density at radius 1 is 0.882 bits per heavy atom. The van der Waals surface area contributed by atoms with Gasteiger partial charge in [0.05, 0.1) is 21.5 Å². The van der Waals surface area contributed by atoms with Crippen molar-refractivity contribution in [3.8, 4) is 0 Å². The fraction of sp³-hybridized carbons (Fsp3) is 0.217. The van der Waals surface area contributed by atoms with Gasteiger partial charge >= 0.3 is 0 Å². The van der Waals surface area contributed by atoms with Crippen LogP contribution in [0.5, 0.6) is 0 Å². The average Bonchev–Trinajstić information content (AvgIpc) is 2.88. The minimum absolute atomic E-state index is 0.136. The van der Waals surface area contributed by atoms with Gasteiger partial charge in [-0.15, -0.1) is 0 Å². The van der Waals surface area contributed by atoms with Gasteiger partial charge in [-0.25, -0.2) is 4.98 Å². The molecular formula is C23H22N6O5. The van der Waals surface area contributed by atoms with E-state index >= 15 is 0 Å². The minimum Gasteiger partial charge on any atom is -0.368 e. The van der Waals surface area contributed by atoms with Gasteiger partial charge < -0.3 is 15.1 Å². The molecule has 0 aliphatic carbocycles. The molecule has 1 aliphatic heterocycles. The summed E-state index contributed by atoms with van der Waals surface area (Å²) in [6.07, 6.45) is 1.79. The molecule has 0 saturated carbocycles. The lowest BCUT2D eigenvalue weighted by atomic mass is 10.1. The molecule has 174 valence electrons.